The molecule has 238 valence electrons. The highest BCUT2D eigenvalue weighted by Crippen LogP contribution is 2.22. The van der Waals surface area contributed by atoms with E-state index in [4.69, 9.17) is 9.47 Å². The van der Waals surface area contributed by atoms with E-state index in [9.17, 15) is 45.6 Å². The lowest BCUT2D eigenvalue weighted by molar-refractivity contribution is -0.306. The van der Waals surface area contributed by atoms with E-state index in [2.05, 4.69) is 12.2 Å². The van der Waals surface area contributed by atoms with Crippen LogP contribution >= 0.6 is 0 Å². The Hall–Kier alpha value is -0.930. The third kappa shape index (κ3) is 13.8. The number of hydrogen-bond acceptors (Lipinski definition) is 11. The molecule has 0 saturated carbocycles. The summed E-state index contributed by atoms with van der Waals surface area (Å²) in [7, 11) is 0. The second-order valence-corrected chi connectivity index (χ2v) is 10.9. The van der Waals surface area contributed by atoms with Crippen LogP contribution in [0.1, 0.15) is 96.8 Å². The molecule has 0 bridgehead atoms. The van der Waals surface area contributed by atoms with Gasteiger partial charge in [0.2, 0.25) is 0 Å². The van der Waals surface area contributed by atoms with Gasteiger partial charge in [0.15, 0.2) is 12.4 Å². The SMILES string of the molecule is CCCCCCCCCCCCCCCCNC(=O)[C@H](O)[C@@H](O)[C@H](O)[C@H](O)CO[C@H]1OC(CO)[C@H](O)C(O)[C@@H]1O. The summed E-state index contributed by atoms with van der Waals surface area (Å²) in [6, 6.07) is 0. The molecule has 0 radical (unpaired) electrons. The fraction of sp³-hybridized carbons (Fsp3) is 0.964. The fourth-order valence-electron chi connectivity index (χ4n) is 4.70. The van der Waals surface area contributed by atoms with Crippen LogP contribution in [0.2, 0.25) is 0 Å². The summed E-state index contributed by atoms with van der Waals surface area (Å²) in [5.74, 6) is -0.886. The largest absolute Gasteiger partial charge is 0.394 e. The average molecular weight is 582 g/mol. The van der Waals surface area contributed by atoms with Gasteiger partial charge in [0.05, 0.1) is 13.2 Å². The van der Waals surface area contributed by atoms with Crippen molar-refractivity contribution in [2.75, 3.05) is 19.8 Å². The summed E-state index contributed by atoms with van der Waals surface area (Å²) in [4.78, 5) is 12.2. The van der Waals surface area contributed by atoms with Crippen molar-refractivity contribution >= 4 is 5.91 Å². The monoisotopic (exact) mass is 581 g/mol. The minimum absolute atomic E-state index is 0.305. The number of aliphatic hydroxyl groups is 8. The summed E-state index contributed by atoms with van der Waals surface area (Å²) in [5.41, 5.74) is 0. The maximum absolute atomic E-state index is 12.2. The molecule has 1 saturated heterocycles. The first kappa shape index (κ1) is 37.1. The van der Waals surface area contributed by atoms with E-state index in [-0.39, 0.29) is 0 Å². The topological polar surface area (TPSA) is 209 Å². The van der Waals surface area contributed by atoms with Crippen LogP contribution in [-0.2, 0) is 14.3 Å². The lowest BCUT2D eigenvalue weighted by atomic mass is 9.99. The molecule has 1 aliphatic rings. The first-order chi connectivity index (χ1) is 19.1. The van der Waals surface area contributed by atoms with Gasteiger partial charge in [-0.2, -0.15) is 0 Å². The number of carbonyl (C=O) groups excluding carboxylic acids is 1. The highest BCUT2D eigenvalue weighted by molar-refractivity contribution is 5.81. The number of aliphatic hydroxyl groups excluding tert-OH is 8. The summed E-state index contributed by atoms with van der Waals surface area (Å²) < 4.78 is 10.2. The van der Waals surface area contributed by atoms with Gasteiger partial charge >= 0.3 is 0 Å². The van der Waals surface area contributed by atoms with E-state index < -0.39 is 74.2 Å². The third-order valence-corrected chi connectivity index (χ3v) is 7.45. The molecule has 1 heterocycles. The molecule has 2 unspecified atom stereocenters. The van der Waals surface area contributed by atoms with Crippen LogP contribution < -0.4 is 5.32 Å². The molecule has 12 heteroatoms. The second kappa shape index (κ2) is 21.7. The Morgan fingerprint density at radius 1 is 0.750 bits per heavy atom. The molecule has 1 amide bonds. The molecular weight excluding hydrogens is 526 g/mol. The highest BCUT2D eigenvalue weighted by Gasteiger charge is 2.44. The van der Waals surface area contributed by atoms with Gasteiger partial charge in [-0.05, 0) is 6.42 Å². The molecule has 0 aromatic heterocycles. The van der Waals surface area contributed by atoms with Gasteiger partial charge in [-0.15, -0.1) is 0 Å². The molecule has 12 nitrogen and oxygen atoms in total. The Labute approximate surface area is 238 Å². The van der Waals surface area contributed by atoms with Crippen LogP contribution in [0.25, 0.3) is 0 Å². The van der Waals surface area contributed by atoms with Crippen molar-refractivity contribution in [1.82, 2.24) is 5.32 Å². The summed E-state index contributed by atoms with van der Waals surface area (Å²) in [6.07, 6.45) is 1.33. The maximum Gasteiger partial charge on any atom is 0.251 e. The third-order valence-electron chi connectivity index (χ3n) is 7.45. The minimum Gasteiger partial charge on any atom is -0.394 e. The van der Waals surface area contributed by atoms with Gasteiger partial charge in [0.25, 0.3) is 5.91 Å². The van der Waals surface area contributed by atoms with Crippen LogP contribution in [0.5, 0.6) is 0 Å². The van der Waals surface area contributed by atoms with Crippen molar-refractivity contribution in [2.24, 2.45) is 0 Å². The van der Waals surface area contributed by atoms with Gasteiger partial charge in [-0.1, -0.05) is 90.4 Å². The van der Waals surface area contributed by atoms with Crippen molar-refractivity contribution in [3.05, 3.63) is 0 Å². The quantitative estimate of drug-likeness (QED) is 0.0724. The van der Waals surface area contributed by atoms with Crippen molar-refractivity contribution < 1.29 is 55.1 Å². The zero-order valence-corrected chi connectivity index (χ0v) is 24.0. The van der Waals surface area contributed by atoms with Crippen molar-refractivity contribution in [3.8, 4) is 0 Å². The Kier molecular flexibility index (Phi) is 20.1. The molecule has 0 aromatic rings. The fourth-order valence-corrected chi connectivity index (χ4v) is 4.70. The van der Waals surface area contributed by atoms with Crippen LogP contribution in [0.4, 0.5) is 0 Å². The number of carbonyl (C=O) groups is 1. The smallest absolute Gasteiger partial charge is 0.251 e. The van der Waals surface area contributed by atoms with E-state index in [1.807, 2.05) is 0 Å². The van der Waals surface area contributed by atoms with Gasteiger partial charge in [0.1, 0.15) is 42.7 Å². The standard InChI is InChI=1S/C28H55NO11/c1-2-3-4-5-6-7-8-9-10-11-12-13-14-15-16-29-27(38)25(36)23(34)21(32)19(31)18-39-28-26(37)24(35)22(33)20(17-30)40-28/h19-26,28,30-37H,2-18H2,1H3,(H,29,38)/t19-,20?,21-,22+,23+,24?,25-,26+,28+/m1/s1. The summed E-state index contributed by atoms with van der Waals surface area (Å²) >= 11 is 0. The van der Waals surface area contributed by atoms with Gasteiger partial charge in [-0.3, -0.25) is 4.79 Å². The van der Waals surface area contributed by atoms with Gasteiger partial charge < -0.3 is 55.6 Å². The molecule has 0 spiro atoms. The Morgan fingerprint density at radius 2 is 1.25 bits per heavy atom. The highest BCUT2D eigenvalue weighted by atomic mass is 16.7. The molecule has 1 fully saturated rings. The van der Waals surface area contributed by atoms with Crippen LogP contribution in [0.3, 0.4) is 0 Å². The van der Waals surface area contributed by atoms with E-state index >= 15 is 0 Å². The number of amides is 1. The molecule has 40 heavy (non-hydrogen) atoms. The van der Waals surface area contributed by atoms with Crippen LogP contribution in [0.15, 0.2) is 0 Å². The predicted octanol–water partition coefficient (Wildman–Crippen LogP) is -0.156. The van der Waals surface area contributed by atoms with E-state index in [0.29, 0.717) is 13.0 Å². The van der Waals surface area contributed by atoms with Crippen molar-refractivity contribution in [1.29, 1.82) is 0 Å². The molecule has 9 N–H and O–H groups in total. The average Bonchev–Trinajstić information content (AvgIpc) is 2.96. The molecule has 9 atom stereocenters. The van der Waals surface area contributed by atoms with E-state index in [1.54, 1.807) is 0 Å². The van der Waals surface area contributed by atoms with Gasteiger partial charge in [0, 0.05) is 6.54 Å². The molecular formula is C28H55NO11. The lowest BCUT2D eigenvalue weighted by Gasteiger charge is -2.40. The van der Waals surface area contributed by atoms with Crippen molar-refractivity contribution in [2.45, 2.75) is 152 Å². The number of ether oxygens (including phenoxy) is 2. The predicted molar refractivity (Wildman–Crippen MR) is 147 cm³/mol. The van der Waals surface area contributed by atoms with Gasteiger partial charge in [-0.25, -0.2) is 0 Å². The second-order valence-electron chi connectivity index (χ2n) is 10.9. The molecule has 0 aliphatic carbocycles. The minimum atomic E-state index is -2.02. The summed E-state index contributed by atoms with van der Waals surface area (Å²) in [6.45, 7) is 1.15. The Balaban J connectivity index is 2.16. The molecule has 1 aliphatic heterocycles. The Bertz CT molecular complexity index is 641. The molecule has 1 rings (SSSR count). The van der Waals surface area contributed by atoms with E-state index in [1.165, 1.54) is 64.2 Å². The zero-order chi connectivity index (χ0) is 29.9. The lowest BCUT2D eigenvalue weighted by Crippen LogP contribution is -2.59. The van der Waals surface area contributed by atoms with E-state index in [0.717, 1.165) is 19.3 Å². The number of hydrogen-bond donors (Lipinski definition) is 9. The number of unbranched alkanes of at least 4 members (excludes halogenated alkanes) is 13. The maximum atomic E-state index is 12.2. The first-order valence-corrected chi connectivity index (χ1v) is 15.1. The van der Waals surface area contributed by atoms with Crippen LogP contribution in [-0.4, -0.2) is 122 Å². The molecule has 0 aromatic carbocycles. The first-order valence-electron chi connectivity index (χ1n) is 15.1. The summed E-state index contributed by atoms with van der Waals surface area (Å²) in [5, 5.41) is 81.7. The van der Waals surface area contributed by atoms with Crippen LogP contribution in [0, 0.1) is 0 Å². The van der Waals surface area contributed by atoms with Crippen molar-refractivity contribution in [3.63, 3.8) is 0 Å². The zero-order valence-electron chi connectivity index (χ0n) is 24.0. The number of nitrogens with one attached hydrogen (secondary N) is 1. The number of rotatable bonds is 23. The Morgan fingerprint density at radius 3 is 1.75 bits per heavy atom. The normalized spacial score (nSPS) is 26.3.